The molecule has 11 rings (SSSR count). The molecule has 0 spiro atoms. The van der Waals surface area contributed by atoms with Gasteiger partial charge >= 0.3 is 0 Å². The van der Waals surface area contributed by atoms with E-state index in [9.17, 15) is 0 Å². The van der Waals surface area contributed by atoms with E-state index in [0.29, 0.717) is 0 Å². The van der Waals surface area contributed by atoms with E-state index in [2.05, 4.69) is 130 Å². The molecule has 0 aliphatic heterocycles. The van der Waals surface area contributed by atoms with Crippen LogP contribution in [0.3, 0.4) is 0 Å². The van der Waals surface area contributed by atoms with Crippen molar-refractivity contribution < 1.29 is 8.83 Å². The lowest BCUT2D eigenvalue weighted by atomic mass is 10.1. The maximum atomic E-state index is 6.53. The molecule has 0 amide bonds. The number of thiophene rings is 1. The van der Waals surface area contributed by atoms with Crippen molar-refractivity contribution in [1.29, 1.82) is 0 Å². The maximum Gasteiger partial charge on any atom is 0.213 e. The normalized spacial score (nSPS) is 12.4. The van der Waals surface area contributed by atoms with Gasteiger partial charge in [-0.2, -0.15) is 0 Å². The number of furan rings is 2. The van der Waals surface area contributed by atoms with Crippen LogP contribution in [0.1, 0.15) is 0 Å². The molecule has 0 N–H and O–H groups in total. The SMILES string of the molecule is c1ccc2c(c1)oc1c2c2ccccc2n1-c1ccc2sc3ccc(-n4c5ccccc5c5c6ccccc6oc54)cc3c2c1. The number of hydrogen-bond acceptors (Lipinski definition) is 3. The first-order chi connectivity index (χ1) is 22.3. The summed E-state index contributed by atoms with van der Waals surface area (Å²) < 4.78 is 20.1. The van der Waals surface area contributed by atoms with E-state index >= 15 is 0 Å². The van der Waals surface area contributed by atoms with Gasteiger partial charge < -0.3 is 8.83 Å². The third-order valence-electron chi connectivity index (χ3n) is 9.34. The van der Waals surface area contributed by atoms with Gasteiger partial charge in [0.05, 0.1) is 21.8 Å². The van der Waals surface area contributed by atoms with Gasteiger partial charge in [0.2, 0.25) is 11.4 Å². The highest BCUT2D eigenvalue weighted by Gasteiger charge is 2.21. The smallest absolute Gasteiger partial charge is 0.213 e. The van der Waals surface area contributed by atoms with Gasteiger partial charge in [0.1, 0.15) is 11.2 Å². The summed E-state index contributed by atoms with van der Waals surface area (Å²) in [5.41, 5.74) is 8.03. The molecule has 5 heterocycles. The molecule has 11 aromatic rings. The second-order valence-corrected chi connectivity index (χ2v) is 12.8. The van der Waals surface area contributed by atoms with Gasteiger partial charge in [0.25, 0.3) is 0 Å². The molecule has 0 saturated heterocycles. The van der Waals surface area contributed by atoms with E-state index in [4.69, 9.17) is 8.83 Å². The fraction of sp³-hybridized carbons (Fsp3) is 0. The van der Waals surface area contributed by atoms with Gasteiger partial charge in [0, 0.05) is 53.1 Å². The molecule has 5 heteroatoms. The van der Waals surface area contributed by atoms with E-state index in [-0.39, 0.29) is 0 Å². The van der Waals surface area contributed by atoms with Crippen LogP contribution >= 0.6 is 11.3 Å². The molecular weight excluding hydrogens is 573 g/mol. The van der Waals surface area contributed by atoms with Gasteiger partial charge in [-0.1, -0.05) is 72.8 Å². The van der Waals surface area contributed by atoms with Crippen LogP contribution in [0.5, 0.6) is 0 Å². The van der Waals surface area contributed by atoms with Crippen LogP contribution in [0.25, 0.3) is 97.5 Å². The molecule has 45 heavy (non-hydrogen) atoms. The predicted octanol–water partition coefficient (Wildman–Crippen LogP) is 11.7. The molecular formula is C40H22N2O2S. The number of para-hydroxylation sites is 4. The first kappa shape index (κ1) is 23.6. The highest BCUT2D eigenvalue weighted by atomic mass is 32.1. The Morgan fingerprint density at radius 2 is 0.822 bits per heavy atom. The monoisotopic (exact) mass is 594 g/mol. The van der Waals surface area contributed by atoms with Crippen LogP contribution in [-0.2, 0) is 0 Å². The predicted molar refractivity (Wildman–Crippen MR) is 188 cm³/mol. The quantitative estimate of drug-likeness (QED) is 0.200. The standard InChI is InChI=1S/C40H22N2O2S/c1-5-13-31-25(9-1)37-27-11-3-7-15-33(27)43-39(37)41(31)23-17-19-35-29(21-23)30-22-24(18-20-36(30)45-35)42-32-14-6-2-10-26(32)38-28-12-4-8-16-34(28)44-40(38)42/h1-22H. The van der Waals surface area contributed by atoms with Crippen molar-refractivity contribution in [3.8, 4) is 11.4 Å². The molecule has 0 aliphatic rings. The minimum atomic E-state index is 0.878. The van der Waals surface area contributed by atoms with Gasteiger partial charge in [-0.3, -0.25) is 9.13 Å². The Bertz CT molecular complexity index is 2800. The summed E-state index contributed by atoms with van der Waals surface area (Å²) in [4.78, 5) is 0. The summed E-state index contributed by atoms with van der Waals surface area (Å²) >= 11 is 1.83. The van der Waals surface area contributed by atoms with E-state index < -0.39 is 0 Å². The van der Waals surface area contributed by atoms with Crippen molar-refractivity contribution in [2.45, 2.75) is 0 Å². The number of aromatic nitrogens is 2. The summed E-state index contributed by atoms with van der Waals surface area (Å²) in [6.07, 6.45) is 0. The van der Waals surface area contributed by atoms with E-state index in [1.807, 2.05) is 23.5 Å². The first-order valence-corrected chi connectivity index (χ1v) is 15.9. The lowest BCUT2D eigenvalue weighted by molar-refractivity contribution is 0.645. The first-order valence-electron chi connectivity index (χ1n) is 15.1. The van der Waals surface area contributed by atoms with Crippen molar-refractivity contribution in [3.05, 3.63) is 133 Å². The van der Waals surface area contributed by atoms with Crippen LogP contribution in [0, 0.1) is 0 Å². The Morgan fingerprint density at radius 3 is 1.31 bits per heavy atom. The zero-order valence-corrected chi connectivity index (χ0v) is 24.6. The molecule has 0 fully saturated rings. The van der Waals surface area contributed by atoms with Gasteiger partial charge in [-0.25, -0.2) is 0 Å². The minimum Gasteiger partial charge on any atom is -0.439 e. The van der Waals surface area contributed by atoms with Crippen molar-refractivity contribution >= 4 is 97.5 Å². The molecule has 0 saturated carbocycles. The van der Waals surface area contributed by atoms with Crippen molar-refractivity contribution in [2.24, 2.45) is 0 Å². The van der Waals surface area contributed by atoms with Crippen LogP contribution < -0.4 is 0 Å². The van der Waals surface area contributed by atoms with Crippen molar-refractivity contribution in [2.75, 3.05) is 0 Å². The molecule has 4 nitrogen and oxygen atoms in total. The van der Waals surface area contributed by atoms with E-state index in [0.717, 1.165) is 66.5 Å². The third-order valence-corrected chi connectivity index (χ3v) is 10.5. The maximum absolute atomic E-state index is 6.53. The van der Waals surface area contributed by atoms with E-state index in [1.54, 1.807) is 0 Å². The number of rotatable bonds is 2. The van der Waals surface area contributed by atoms with Crippen LogP contribution in [-0.4, -0.2) is 9.13 Å². The minimum absolute atomic E-state index is 0.878. The highest BCUT2D eigenvalue weighted by molar-refractivity contribution is 7.25. The molecule has 5 aromatic heterocycles. The Morgan fingerprint density at radius 1 is 0.400 bits per heavy atom. The van der Waals surface area contributed by atoms with Crippen LogP contribution in [0.15, 0.2) is 142 Å². The summed E-state index contributed by atoms with van der Waals surface area (Å²) in [6, 6.07) is 47.4. The number of hydrogen-bond donors (Lipinski definition) is 0. The molecule has 6 aromatic carbocycles. The average molecular weight is 595 g/mol. The third kappa shape index (κ3) is 3.05. The fourth-order valence-corrected chi connectivity index (χ4v) is 8.49. The Balaban J connectivity index is 1.19. The molecule has 0 bridgehead atoms. The van der Waals surface area contributed by atoms with Crippen molar-refractivity contribution in [3.63, 3.8) is 0 Å². The summed E-state index contributed by atoms with van der Waals surface area (Å²) in [6.45, 7) is 0. The fourth-order valence-electron chi connectivity index (χ4n) is 7.42. The van der Waals surface area contributed by atoms with Gasteiger partial charge in [-0.05, 0) is 60.7 Å². The molecule has 0 radical (unpaired) electrons. The zero-order valence-electron chi connectivity index (χ0n) is 23.8. The highest BCUT2D eigenvalue weighted by Crippen LogP contribution is 2.43. The number of nitrogens with zero attached hydrogens (tertiary/aromatic N) is 2. The van der Waals surface area contributed by atoms with Gasteiger partial charge in [0.15, 0.2) is 0 Å². The number of fused-ring (bicyclic) bond motifs is 13. The molecule has 0 unspecified atom stereocenters. The number of benzene rings is 6. The summed E-state index contributed by atoms with van der Waals surface area (Å²) in [5, 5.41) is 9.47. The van der Waals surface area contributed by atoms with E-state index in [1.165, 1.54) is 30.9 Å². The largest absolute Gasteiger partial charge is 0.439 e. The molecule has 210 valence electrons. The topological polar surface area (TPSA) is 36.1 Å². The Labute approximate surface area is 259 Å². The summed E-state index contributed by atoms with van der Waals surface area (Å²) in [7, 11) is 0. The zero-order chi connectivity index (χ0) is 29.2. The van der Waals surface area contributed by atoms with Crippen molar-refractivity contribution in [1.82, 2.24) is 9.13 Å². The second kappa shape index (κ2) is 8.44. The summed E-state index contributed by atoms with van der Waals surface area (Å²) in [5.74, 6) is 0. The molecule has 0 atom stereocenters. The van der Waals surface area contributed by atoms with Crippen LogP contribution in [0.2, 0.25) is 0 Å². The Hall–Kier alpha value is -5.78. The lowest BCUT2D eigenvalue weighted by Crippen LogP contribution is -1.93. The Kier molecular flexibility index (Phi) is 4.43. The van der Waals surface area contributed by atoms with Gasteiger partial charge in [-0.15, -0.1) is 11.3 Å². The lowest BCUT2D eigenvalue weighted by Gasteiger charge is -2.08. The molecule has 0 aliphatic carbocycles. The van der Waals surface area contributed by atoms with Crippen LogP contribution in [0.4, 0.5) is 0 Å². The second-order valence-electron chi connectivity index (χ2n) is 11.7. The average Bonchev–Trinajstić information content (AvgIpc) is 3.87.